The number of nitrogens with zero attached hydrogens (tertiary/aromatic N) is 2. The van der Waals surface area contributed by atoms with Crippen molar-refractivity contribution in [2.24, 2.45) is 17.8 Å². The SMILES string of the molecule is CC(C)(C#N)NC(=O)C(=O)N1CC2CCCC2[C@H]1C(=O)NC(CC1CCNC1=O)C(=O)COC(F)(F)F. The van der Waals surface area contributed by atoms with Crippen molar-refractivity contribution >= 4 is 29.4 Å². The number of Topliss-reactive ketones (excluding diaryl/α,β-unsaturated/α-hetero) is 1. The van der Waals surface area contributed by atoms with Gasteiger partial charge in [0.1, 0.15) is 18.2 Å². The minimum Gasteiger partial charge on any atom is -0.356 e. The Balaban J connectivity index is 1.79. The molecule has 3 rings (SSSR count). The molecule has 2 saturated heterocycles. The van der Waals surface area contributed by atoms with Crippen molar-refractivity contribution in [3.63, 3.8) is 0 Å². The molecule has 0 bridgehead atoms. The Bertz CT molecular complexity index is 994. The number of hydrogen-bond acceptors (Lipinski definition) is 7. The highest BCUT2D eigenvalue weighted by Gasteiger charge is 2.51. The first-order valence-corrected chi connectivity index (χ1v) is 12.1. The van der Waals surface area contributed by atoms with E-state index in [-0.39, 0.29) is 30.7 Å². The molecule has 0 aromatic heterocycles. The predicted octanol–water partition coefficient (Wildman–Crippen LogP) is 0.148. The number of nitriles is 1. The second-order valence-corrected chi connectivity index (χ2v) is 10.2. The fourth-order valence-corrected chi connectivity index (χ4v) is 5.28. The third kappa shape index (κ3) is 6.97. The van der Waals surface area contributed by atoms with E-state index in [2.05, 4.69) is 20.7 Å². The van der Waals surface area contributed by atoms with E-state index in [1.165, 1.54) is 13.8 Å². The highest BCUT2D eigenvalue weighted by Crippen LogP contribution is 2.42. The molecule has 3 fully saturated rings. The summed E-state index contributed by atoms with van der Waals surface area (Å²) in [6.45, 7) is 1.90. The van der Waals surface area contributed by atoms with Gasteiger partial charge in [-0.05, 0) is 51.4 Å². The van der Waals surface area contributed by atoms with E-state index in [0.29, 0.717) is 25.8 Å². The maximum absolute atomic E-state index is 13.4. The minimum atomic E-state index is -5.06. The van der Waals surface area contributed by atoms with E-state index in [1.807, 2.05) is 6.07 Å². The molecule has 2 aliphatic heterocycles. The zero-order valence-electron chi connectivity index (χ0n) is 20.5. The van der Waals surface area contributed by atoms with Crippen molar-refractivity contribution in [2.45, 2.75) is 69.9 Å². The molecule has 3 aliphatic rings. The molecule has 1 aliphatic carbocycles. The zero-order chi connectivity index (χ0) is 27.5. The van der Waals surface area contributed by atoms with Crippen LogP contribution in [0.3, 0.4) is 0 Å². The van der Waals surface area contributed by atoms with Crippen LogP contribution in [-0.4, -0.2) is 78.0 Å². The van der Waals surface area contributed by atoms with E-state index in [9.17, 15) is 37.1 Å². The van der Waals surface area contributed by atoms with Crippen molar-refractivity contribution in [1.29, 1.82) is 5.26 Å². The van der Waals surface area contributed by atoms with Gasteiger partial charge in [-0.15, -0.1) is 13.2 Å². The van der Waals surface area contributed by atoms with Gasteiger partial charge in [-0.1, -0.05) is 6.42 Å². The van der Waals surface area contributed by atoms with Crippen LogP contribution in [-0.2, 0) is 28.7 Å². The van der Waals surface area contributed by atoms with Crippen LogP contribution >= 0.6 is 0 Å². The Hall–Kier alpha value is -3.21. The predicted molar refractivity (Wildman–Crippen MR) is 119 cm³/mol. The quantitative estimate of drug-likeness (QED) is 0.378. The Kier molecular flexibility index (Phi) is 8.46. The second kappa shape index (κ2) is 11.0. The number of rotatable bonds is 8. The zero-order valence-corrected chi connectivity index (χ0v) is 20.5. The first-order chi connectivity index (χ1) is 17.2. The van der Waals surface area contributed by atoms with Crippen LogP contribution in [0.5, 0.6) is 0 Å². The molecule has 0 radical (unpaired) electrons. The number of amides is 4. The highest BCUT2D eigenvalue weighted by atomic mass is 19.4. The lowest BCUT2D eigenvalue weighted by Gasteiger charge is -2.29. The Labute approximate surface area is 211 Å². The molecule has 0 aromatic carbocycles. The number of carbonyl (C=O) groups excluding carboxylic acids is 5. The molecule has 204 valence electrons. The number of likely N-dealkylation sites (tertiary alicyclic amines) is 1. The van der Waals surface area contributed by atoms with Gasteiger partial charge in [0.25, 0.3) is 0 Å². The number of ketones is 1. The third-order valence-corrected chi connectivity index (χ3v) is 7.09. The van der Waals surface area contributed by atoms with Gasteiger partial charge < -0.3 is 20.9 Å². The van der Waals surface area contributed by atoms with Crippen LogP contribution in [0.2, 0.25) is 0 Å². The summed E-state index contributed by atoms with van der Waals surface area (Å²) in [7, 11) is 0. The first kappa shape index (κ1) is 28.4. The van der Waals surface area contributed by atoms with Gasteiger partial charge in [0, 0.05) is 19.0 Å². The molecule has 11 nitrogen and oxygen atoms in total. The number of hydrogen-bond donors (Lipinski definition) is 3. The summed E-state index contributed by atoms with van der Waals surface area (Å²) >= 11 is 0. The lowest BCUT2D eigenvalue weighted by molar-refractivity contribution is -0.321. The molecule has 3 N–H and O–H groups in total. The van der Waals surface area contributed by atoms with Gasteiger partial charge in [0.15, 0.2) is 5.78 Å². The first-order valence-electron chi connectivity index (χ1n) is 12.1. The molecule has 2 heterocycles. The number of ether oxygens (including phenoxy) is 1. The topological polar surface area (TPSA) is 158 Å². The van der Waals surface area contributed by atoms with Crippen LogP contribution in [0, 0.1) is 29.1 Å². The Morgan fingerprint density at radius 2 is 1.92 bits per heavy atom. The summed E-state index contributed by atoms with van der Waals surface area (Å²) in [5.74, 6) is -5.41. The van der Waals surface area contributed by atoms with E-state index in [1.54, 1.807) is 0 Å². The smallest absolute Gasteiger partial charge is 0.356 e. The summed E-state index contributed by atoms with van der Waals surface area (Å²) in [5.41, 5.74) is -1.34. The lowest BCUT2D eigenvalue weighted by atomic mass is 9.92. The van der Waals surface area contributed by atoms with Gasteiger partial charge in [0.2, 0.25) is 11.8 Å². The van der Waals surface area contributed by atoms with Crippen molar-refractivity contribution in [1.82, 2.24) is 20.9 Å². The summed E-state index contributed by atoms with van der Waals surface area (Å²) in [6.07, 6.45) is -2.87. The molecule has 14 heteroatoms. The summed E-state index contributed by atoms with van der Waals surface area (Å²) < 4.78 is 41.2. The molecule has 0 aromatic rings. The van der Waals surface area contributed by atoms with E-state index in [4.69, 9.17) is 5.26 Å². The number of halogens is 3. The van der Waals surface area contributed by atoms with Crippen LogP contribution in [0.15, 0.2) is 0 Å². The maximum Gasteiger partial charge on any atom is 0.522 e. The molecule has 37 heavy (non-hydrogen) atoms. The number of carbonyl (C=O) groups is 5. The standard InChI is InChI=1S/C23H30F3N5O6/c1-22(2,11-27)30-20(35)21(36)31-9-13-4-3-5-14(13)17(31)19(34)29-15(8-12-6-7-28-18(12)33)16(32)10-37-23(24,25)26/h12-15,17H,3-10H2,1-2H3,(H,28,33)(H,29,34)(H,30,35)/t12?,13?,14?,15?,17-/m0/s1. The van der Waals surface area contributed by atoms with Crippen LogP contribution in [0.4, 0.5) is 13.2 Å². The second-order valence-electron chi connectivity index (χ2n) is 10.2. The molecular formula is C23H30F3N5O6. The number of nitrogens with one attached hydrogen (secondary N) is 3. The lowest BCUT2D eigenvalue weighted by Crippen LogP contribution is -2.57. The van der Waals surface area contributed by atoms with Crippen LogP contribution in [0.1, 0.15) is 46.0 Å². The van der Waals surface area contributed by atoms with Crippen molar-refractivity contribution in [2.75, 3.05) is 19.7 Å². The van der Waals surface area contributed by atoms with Gasteiger partial charge in [-0.25, -0.2) is 0 Å². The average Bonchev–Trinajstić information content (AvgIpc) is 3.51. The number of fused-ring (bicyclic) bond motifs is 1. The highest BCUT2D eigenvalue weighted by molar-refractivity contribution is 6.35. The van der Waals surface area contributed by atoms with E-state index < -0.39 is 60.0 Å². The molecule has 0 spiro atoms. The third-order valence-electron chi connectivity index (χ3n) is 7.09. The summed E-state index contributed by atoms with van der Waals surface area (Å²) in [4.78, 5) is 64.8. The van der Waals surface area contributed by atoms with Crippen molar-refractivity contribution in [3.05, 3.63) is 0 Å². The largest absolute Gasteiger partial charge is 0.522 e. The van der Waals surface area contributed by atoms with E-state index >= 15 is 0 Å². The Morgan fingerprint density at radius 3 is 2.51 bits per heavy atom. The fraction of sp³-hybridized carbons (Fsp3) is 0.739. The average molecular weight is 530 g/mol. The van der Waals surface area contributed by atoms with Crippen LogP contribution < -0.4 is 16.0 Å². The Morgan fingerprint density at radius 1 is 1.22 bits per heavy atom. The molecule has 4 unspecified atom stereocenters. The van der Waals surface area contributed by atoms with Gasteiger partial charge in [-0.3, -0.25) is 28.7 Å². The normalized spacial score (nSPS) is 26.2. The molecule has 5 atom stereocenters. The van der Waals surface area contributed by atoms with Crippen molar-refractivity contribution in [3.8, 4) is 6.07 Å². The number of alkyl halides is 3. The fourth-order valence-electron chi connectivity index (χ4n) is 5.28. The van der Waals surface area contributed by atoms with Crippen LogP contribution in [0.25, 0.3) is 0 Å². The molecule has 4 amide bonds. The van der Waals surface area contributed by atoms with Crippen molar-refractivity contribution < 1.29 is 41.9 Å². The minimum absolute atomic E-state index is 0.0696. The maximum atomic E-state index is 13.4. The van der Waals surface area contributed by atoms with E-state index in [0.717, 1.165) is 11.3 Å². The van der Waals surface area contributed by atoms with Gasteiger partial charge in [0.05, 0.1) is 12.1 Å². The van der Waals surface area contributed by atoms with Gasteiger partial charge in [-0.2, -0.15) is 5.26 Å². The molecular weight excluding hydrogens is 499 g/mol. The monoisotopic (exact) mass is 529 g/mol. The summed E-state index contributed by atoms with van der Waals surface area (Å²) in [6, 6.07) is -0.751. The van der Waals surface area contributed by atoms with Gasteiger partial charge >= 0.3 is 18.2 Å². The summed E-state index contributed by atoms with van der Waals surface area (Å²) in [5, 5.41) is 16.5. The molecule has 1 saturated carbocycles.